The molecule has 0 amide bonds. The van der Waals surface area contributed by atoms with Crippen molar-refractivity contribution in [2.75, 3.05) is 0 Å². The van der Waals surface area contributed by atoms with Gasteiger partial charge in [0.05, 0.1) is 11.3 Å². The summed E-state index contributed by atoms with van der Waals surface area (Å²) in [6, 6.07) is 22.6. The van der Waals surface area contributed by atoms with Crippen molar-refractivity contribution >= 4 is 27.3 Å². The maximum Gasteiger partial charge on any atom is 0.0774 e. The van der Waals surface area contributed by atoms with Gasteiger partial charge in [0, 0.05) is 37.4 Å². The summed E-state index contributed by atoms with van der Waals surface area (Å²) in [6.07, 6.45) is 2.17. The van der Waals surface area contributed by atoms with Crippen molar-refractivity contribution in [3.05, 3.63) is 83.6 Å². The van der Waals surface area contributed by atoms with Crippen molar-refractivity contribution in [3.8, 4) is 11.3 Å². The Bertz CT molecular complexity index is 1310. The van der Waals surface area contributed by atoms with E-state index in [2.05, 4.69) is 86.0 Å². The normalized spacial score (nSPS) is 11.2. The molecule has 3 heteroatoms. The second-order valence-electron chi connectivity index (χ2n) is 7.07. The van der Waals surface area contributed by atoms with Gasteiger partial charge in [0.2, 0.25) is 0 Å². The molecule has 2 heterocycles. The summed E-state index contributed by atoms with van der Waals surface area (Å²) in [5.74, 6) is 0. The van der Waals surface area contributed by atoms with Gasteiger partial charge >= 0.3 is 0 Å². The number of fused-ring (bicyclic) bond motifs is 6. The standard InChI is InChI=1S/C24H19N2.Ir/c1-15-12-17(3)23-21(13-15)19-10-6-7-11-20(19)24-25-22(14-26(23)24)18-9-5-4-8-16(18)2;/h4-10,12-14H,1-3H3;/q-1;. The molecule has 0 saturated carbocycles. The van der Waals surface area contributed by atoms with Crippen LogP contribution in [0.2, 0.25) is 0 Å². The summed E-state index contributed by atoms with van der Waals surface area (Å²) in [7, 11) is 0. The molecule has 0 saturated heterocycles. The summed E-state index contributed by atoms with van der Waals surface area (Å²) >= 11 is 0. The van der Waals surface area contributed by atoms with Crippen LogP contribution in [0.1, 0.15) is 16.7 Å². The third-order valence-corrected chi connectivity index (χ3v) is 5.18. The topological polar surface area (TPSA) is 17.3 Å². The molecular weight excluding hydrogens is 508 g/mol. The minimum absolute atomic E-state index is 0. The van der Waals surface area contributed by atoms with E-state index in [1.807, 2.05) is 6.07 Å². The molecule has 27 heavy (non-hydrogen) atoms. The van der Waals surface area contributed by atoms with Gasteiger partial charge in [0.15, 0.2) is 0 Å². The molecule has 0 unspecified atom stereocenters. The van der Waals surface area contributed by atoms with E-state index in [0.29, 0.717) is 0 Å². The van der Waals surface area contributed by atoms with Crippen molar-refractivity contribution in [1.29, 1.82) is 0 Å². The fraction of sp³-hybridized carbons (Fsp3) is 0.125. The molecule has 0 fully saturated rings. The molecule has 0 aliphatic heterocycles. The molecule has 5 aromatic rings. The number of nitrogens with zero attached hydrogens (tertiary/aromatic N) is 2. The zero-order valence-electron chi connectivity index (χ0n) is 15.5. The molecule has 5 rings (SSSR count). The Morgan fingerprint density at radius 1 is 0.889 bits per heavy atom. The maximum atomic E-state index is 5.02. The minimum atomic E-state index is 0. The quantitative estimate of drug-likeness (QED) is 0.192. The van der Waals surface area contributed by atoms with Crippen molar-refractivity contribution < 1.29 is 20.1 Å². The average molecular weight is 528 g/mol. The number of benzene rings is 3. The predicted molar refractivity (Wildman–Crippen MR) is 109 cm³/mol. The third kappa shape index (κ3) is 2.70. The largest absolute Gasteiger partial charge is 0.339 e. The predicted octanol–water partition coefficient (Wildman–Crippen LogP) is 6.03. The fourth-order valence-corrected chi connectivity index (χ4v) is 4.05. The van der Waals surface area contributed by atoms with Gasteiger partial charge in [-0.25, -0.2) is 0 Å². The molecule has 2 aromatic heterocycles. The van der Waals surface area contributed by atoms with E-state index in [1.165, 1.54) is 38.5 Å². The first-order valence-corrected chi connectivity index (χ1v) is 8.92. The number of aryl methyl sites for hydroxylation is 3. The second kappa shape index (κ2) is 6.60. The molecule has 1 radical (unpaired) electrons. The molecular formula is C24H19IrN2-. The van der Waals surface area contributed by atoms with Crippen LogP contribution in [-0.2, 0) is 20.1 Å². The van der Waals surface area contributed by atoms with Crippen LogP contribution in [0, 0.1) is 26.8 Å². The number of rotatable bonds is 1. The average Bonchev–Trinajstić information content (AvgIpc) is 3.07. The number of aromatic nitrogens is 2. The number of imidazole rings is 1. The Morgan fingerprint density at radius 3 is 2.52 bits per heavy atom. The second-order valence-corrected chi connectivity index (χ2v) is 7.07. The van der Waals surface area contributed by atoms with Crippen molar-refractivity contribution in [2.45, 2.75) is 20.8 Å². The van der Waals surface area contributed by atoms with E-state index in [0.717, 1.165) is 16.7 Å². The van der Waals surface area contributed by atoms with Gasteiger partial charge in [-0.15, -0.1) is 29.7 Å². The zero-order valence-corrected chi connectivity index (χ0v) is 17.9. The third-order valence-electron chi connectivity index (χ3n) is 5.18. The molecule has 0 spiro atoms. The molecule has 0 aliphatic carbocycles. The van der Waals surface area contributed by atoms with Gasteiger partial charge in [-0.3, -0.25) is 4.98 Å². The minimum Gasteiger partial charge on any atom is -0.339 e. The van der Waals surface area contributed by atoms with Gasteiger partial charge in [0.25, 0.3) is 0 Å². The first kappa shape index (κ1) is 17.9. The van der Waals surface area contributed by atoms with Crippen molar-refractivity contribution in [1.82, 2.24) is 9.38 Å². The van der Waals surface area contributed by atoms with Gasteiger partial charge in [-0.2, -0.15) is 0 Å². The maximum absolute atomic E-state index is 5.02. The van der Waals surface area contributed by atoms with E-state index in [-0.39, 0.29) is 20.1 Å². The Balaban J connectivity index is 0.00000180. The monoisotopic (exact) mass is 528 g/mol. The summed E-state index contributed by atoms with van der Waals surface area (Å²) in [5, 5.41) is 3.55. The van der Waals surface area contributed by atoms with Crippen LogP contribution in [0.4, 0.5) is 0 Å². The molecule has 0 bridgehead atoms. The smallest absolute Gasteiger partial charge is 0.0774 e. The molecule has 135 valence electrons. The molecule has 0 atom stereocenters. The Hall–Kier alpha value is -2.48. The van der Waals surface area contributed by atoms with Crippen LogP contribution in [0.5, 0.6) is 0 Å². The van der Waals surface area contributed by atoms with Crippen LogP contribution >= 0.6 is 0 Å². The molecule has 3 aromatic carbocycles. The summed E-state index contributed by atoms with van der Waals surface area (Å²) in [5.41, 5.74) is 8.17. The number of pyridine rings is 1. The van der Waals surface area contributed by atoms with E-state index < -0.39 is 0 Å². The van der Waals surface area contributed by atoms with Crippen molar-refractivity contribution in [2.24, 2.45) is 0 Å². The van der Waals surface area contributed by atoms with E-state index in [4.69, 9.17) is 4.98 Å². The van der Waals surface area contributed by atoms with Crippen LogP contribution in [0.15, 0.2) is 60.8 Å². The molecule has 2 nitrogen and oxygen atoms in total. The van der Waals surface area contributed by atoms with Gasteiger partial charge < -0.3 is 4.40 Å². The number of hydrogen-bond donors (Lipinski definition) is 0. The Labute approximate surface area is 172 Å². The zero-order chi connectivity index (χ0) is 17.8. The Kier molecular flexibility index (Phi) is 4.38. The summed E-state index contributed by atoms with van der Waals surface area (Å²) < 4.78 is 2.24. The van der Waals surface area contributed by atoms with Crippen LogP contribution < -0.4 is 0 Å². The molecule has 0 aliphatic rings. The first-order chi connectivity index (χ1) is 12.6. The summed E-state index contributed by atoms with van der Waals surface area (Å²) in [6.45, 7) is 6.47. The number of hydrogen-bond acceptors (Lipinski definition) is 1. The van der Waals surface area contributed by atoms with Crippen LogP contribution in [0.3, 0.4) is 0 Å². The van der Waals surface area contributed by atoms with Gasteiger partial charge in [-0.05, 0) is 37.3 Å². The SMILES string of the molecule is Cc1cc(C)c2c(c1)c1ccc[c-]c1c1nc(-c3ccccc3C)cn12.[Ir]. The Morgan fingerprint density at radius 2 is 1.70 bits per heavy atom. The van der Waals surface area contributed by atoms with E-state index in [1.54, 1.807) is 0 Å². The summed E-state index contributed by atoms with van der Waals surface area (Å²) in [4.78, 5) is 5.02. The first-order valence-electron chi connectivity index (χ1n) is 8.92. The van der Waals surface area contributed by atoms with Crippen LogP contribution in [0.25, 0.3) is 38.6 Å². The van der Waals surface area contributed by atoms with Crippen molar-refractivity contribution in [3.63, 3.8) is 0 Å². The van der Waals surface area contributed by atoms with Gasteiger partial charge in [-0.1, -0.05) is 47.3 Å². The van der Waals surface area contributed by atoms with E-state index in [9.17, 15) is 0 Å². The van der Waals surface area contributed by atoms with E-state index >= 15 is 0 Å². The molecule has 0 N–H and O–H groups in total. The van der Waals surface area contributed by atoms with Crippen LogP contribution in [-0.4, -0.2) is 9.38 Å². The fourth-order valence-electron chi connectivity index (χ4n) is 4.05. The van der Waals surface area contributed by atoms with Gasteiger partial charge in [0.1, 0.15) is 0 Å².